The lowest BCUT2D eigenvalue weighted by molar-refractivity contribution is -0.120. The fourth-order valence-corrected chi connectivity index (χ4v) is 1.43. The van der Waals surface area contributed by atoms with E-state index >= 15 is 0 Å². The second kappa shape index (κ2) is 6.49. The van der Waals surface area contributed by atoms with Crippen LogP contribution in [0.3, 0.4) is 0 Å². The van der Waals surface area contributed by atoms with E-state index in [1.807, 2.05) is 6.92 Å². The van der Waals surface area contributed by atoms with Crippen LogP contribution in [-0.2, 0) is 4.79 Å². The van der Waals surface area contributed by atoms with Gasteiger partial charge in [0.1, 0.15) is 0 Å². The minimum Gasteiger partial charge on any atom is -0.359 e. The Labute approximate surface area is 72.1 Å². The highest BCUT2D eigenvalue weighted by molar-refractivity contribution is 7.99. The molecule has 0 aliphatic rings. The van der Waals surface area contributed by atoms with Crippen LogP contribution in [0.15, 0.2) is 0 Å². The van der Waals surface area contributed by atoms with E-state index in [4.69, 9.17) is 5.73 Å². The van der Waals surface area contributed by atoms with E-state index in [-0.39, 0.29) is 11.9 Å². The van der Waals surface area contributed by atoms with Crippen LogP contribution in [0.25, 0.3) is 0 Å². The fourth-order valence-electron chi connectivity index (χ4n) is 0.559. The normalized spacial score (nSPS) is 12.6. The molecule has 1 unspecified atom stereocenters. The van der Waals surface area contributed by atoms with Gasteiger partial charge in [-0.25, -0.2) is 0 Å². The highest BCUT2D eigenvalue weighted by Crippen LogP contribution is 2.02. The van der Waals surface area contributed by atoms with Gasteiger partial charge in [-0.3, -0.25) is 4.79 Å². The molecule has 0 aromatic carbocycles. The molecule has 0 heterocycles. The number of nitrogens with one attached hydrogen (secondary N) is 1. The Balaban J connectivity index is 3.08. The molecular weight excluding hydrogens is 160 g/mol. The Bertz CT molecular complexity index is 117. The summed E-state index contributed by atoms with van der Waals surface area (Å²) < 4.78 is 0. The highest BCUT2D eigenvalue weighted by Gasteiger charge is 1.98. The van der Waals surface area contributed by atoms with Crippen molar-refractivity contribution in [2.75, 3.05) is 18.6 Å². The van der Waals surface area contributed by atoms with Crippen LogP contribution in [0.5, 0.6) is 0 Å². The minimum absolute atomic E-state index is 0.0992. The number of nitrogens with two attached hydrogens (primary N) is 1. The molecular formula is C7H16N2OS. The molecule has 1 amide bonds. The van der Waals surface area contributed by atoms with Crippen molar-refractivity contribution < 1.29 is 4.79 Å². The van der Waals surface area contributed by atoms with Gasteiger partial charge in [0.05, 0.1) is 0 Å². The van der Waals surface area contributed by atoms with Gasteiger partial charge in [0.25, 0.3) is 0 Å². The molecule has 0 aromatic rings. The lowest BCUT2D eigenvalue weighted by Gasteiger charge is -2.03. The van der Waals surface area contributed by atoms with Gasteiger partial charge < -0.3 is 11.1 Å². The van der Waals surface area contributed by atoms with E-state index in [2.05, 4.69) is 5.32 Å². The van der Waals surface area contributed by atoms with Crippen LogP contribution in [-0.4, -0.2) is 30.5 Å². The average Bonchev–Trinajstić information content (AvgIpc) is 1.97. The zero-order valence-electron chi connectivity index (χ0n) is 7.09. The van der Waals surface area contributed by atoms with Gasteiger partial charge in [0.2, 0.25) is 5.91 Å². The van der Waals surface area contributed by atoms with Crippen molar-refractivity contribution in [2.45, 2.75) is 19.4 Å². The SMILES string of the molecule is CNC(=O)CCSCC(C)N. The largest absolute Gasteiger partial charge is 0.359 e. The van der Waals surface area contributed by atoms with Gasteiger partial charge >= 0.3 is 0 Å². The van der Waals surface area contributed by atoms with Crippen LogP contribution in [0.2, 0.25) is 0 Å². The summed E-state index contributed by atoms with van der Waals surface area (Å²) in [7, 11) is 1.65. The minimum atomic E-state index is 0.0992. The number of rotatable bonds is 5. The lowest BCUT2D eigenvalue weighted by Crippen LogP contribution is -2.20. The lowest BCUT2D eigenvalue weighted by atomic mass is 10.4. The third-order valence-corrected chi connectivity index (χ3v) is 2.39. The third kappa shape index (κ3) is 7.68. The molecule has 66 valence electrons. The Morgan fingerprint density at radius 3 is 2.82 bits per heavy atom. The van der Waals surface area contributed by atoms with Crippen molar-refractivity contribution in [3.05, 3.63) is 0 Å². The standard InChI is InChI=1S/C7H16N2OS/c1-6(8)5-11-4-3-7(10)9-2/h6H,3-5,8H2,1-2H3,(H,9,10). The van der Waals surface area contributed by atoms with Gasteiger partial charge in [-0.2, -0.15) is 11.8 Å². The van der Waals surface area contributed by atoms with Gasteiger partial charge in [-0.15, -0.1) is 0 Å². The van der Waals surface area contributed by atoms with Crippen molar-refractivity contribution >= 4 is 17.7 Å². The highest BCUT2D eigenvalue weighted by atomic mass is 32.2. The zero-order valence-corrected chi connectivity index (χ0v) is 7.91. The molecule has 3 N–H and O–H groups in total. The van der Waals surface area contributed by atoms with Gasteiger partial charge in [-0.1, -0.05) is 0 Å². The number of amides is 1. The number of carbonyl (C=O) groups is 1. The summed E-state index contributed by atoms with van der Waals surface area (Å²) in [5.41, 5.74) is 5.52. The molecule has 4 heteroatoms. The van der Waals surface area contributed by atoms with Gasteiger partial charge in [0, 0.05) is 31.0 Å². The predicted molar refractivity (Wildman–Crippen MR) is 49.7 cm³/mol. The molecule has 3 nitrogen and oxygen atoms in total. The summed E-state index contributed by atoms with van der Waals surface area (Å²) >= 11 is 1.72. The number of carbonyl (C=O) groups excluding carboxylic acids is 1. The molecule has 0 radical (unpaired) electrons. The summed E-state index contributed by atoms with van der Waals surface area (Å²) in [6.07, 6.45) is 0.591. The van der Waals surface area contributed by atoms with Gasteiger partial charge in [0.15, 0.2) is 0 Å². The summed E-state index contributed by atoms with van der Waals surface area (Å²) in [6, 6.07) is 0.227. The smallest absolute Gasteiger partial charge is 0.220 e. The molecule has 0 aliphatic heterocycles. The van der Waals surface area contributed by atoms with Crippen molar-refractivity contribution in [3.63, 3.8) is 0 Å². The van der Waals surface area contributed by atoms with Crippen LogP contribution in [0, 0.1) is 0 Å². The topological polar surface area (TPSA) is 55.1 Å². The molecule has 0 rings (SSSR count). The number of thioether (sulfide) groups is 1. The molecule has 0 saturated carbocycles. The van der Waals surface area contributed by atoms with Crippen LogP contribution in [0.1, 0.15) is 13.3 Å². The first-order chi connectivity index (χ1) is 5.16. The van der Waals surface area contributed by atoms with Crippen molar-refractivity contribution in [1.29, 1.82) is 0 Å². The second-order valence-electron chi connectivity index (χ2n) is 2.48. The van der Waals surface area contributed by atoms with Crippen molar-refractivity contribution in [3.8, 4) is 0 Å². The molecule has 0 aromatic heterocycles. The third-order valence-electron chi connectivity index (χ3n) is 1.13. The molecule has 0 spiro atoms. The molecule has 11 heavy (non-hydrogen) atoms. The number of hydrogen-bond donors (Lipinski definition) is 2. The predicted octanol–water partition coefficient (Wildman–Crippen LogP) is 0.203. The molecule has 0 fully saturated rings. The van der Waals surface area contributed by atoms with E-state index in [9.17, 15) is 4.79 Å². The first-order valence-corrected chi connectivity index (χ1v) is 4.86. The molecule has 0 saturated heterocycles. The van der Waals surface area contributed by atoms with E-state index < -0.39 is 0 Å². The first-order valence-electron chi connectivity index (χ1n) is 3.70. The van der Waals surface area contributed by atoms with E-state index in [0.717, 1.165) is 11.5 Å². The average molecular weight is 176 g/mol. The Hall–Kier alpha value is -0.220. The maximum atomic E-state index is 10.7. The Morgan fingerprint density at radius 1 is 1.73 bits per heavy atom. The van der Waals surface area contributed by atoms with E-state index in [1.54, 1.807) is 18.8 Å². The molecule has 0 bridgehead atoms. The second-order valence-corrected chi connectivity index (χ2v) is 3.63. The quantitative estimate of drug-likeness (QED) is 0.588. The molecule has 1 atom stereocenters. The van der Waals surface area contributed by atoms with Crippen LogP contribution in [0.4, 0.5) is 0 Å². The zero-order chi connectivity index (χ0) is 8.69. The van der Waals surface area contributed by atoms with Crippen molar-refractivity contribution in [1.82, 2.24) is 5.32 Å². The Morgan fingerprint density at radius 2 is 2.36 bits per heavy atom. The summed E-state index contributed by atoms with van der Waals surface area (Å²) in [6.45, 7) is 1.97. The fraction of sp³-hybridized carbons (Fsp3) is 0.857. The molecule has 0 aliphatic carbocycles. The summed E-state index contributed by atoms with van der Waals surface area (Å²) in [4.78, 5) is 10.7. The first kappa shape index (κ1) is 10.8. The summed E-state index contributed by atoms with van der Waals surface area (Å²) in [5, 5.41) is 2.57. The van der Waals surface area contributed by atoms with Crippen LogP contribution < -0.4 is 11.1 Å². The van der Waals surface area contributed by atoms with Gasteiger partial charge in [-0.05, 0) is 6.92 Å². The monoisotopic (exact) mass is 176 g/mol. The van der Waals surface area contributed by atoms with Crippen LogP contribution >= 0.6 is 11.8 Å². The number of hydrogen-bond acceptors (Lipinski definition) is 3. The van der Waals surface area contributed by atoms with E-state index in [0.29, 0.717) is 6.42 Å². The van der Waals surface area contributed by atoms with Crippen molar-refractivity contribution in [2.24, 2.45) is 5.73 Å². The maximum absolute atomic E-state index is 10.7. The van der Waals surface area contributed by atoms with E-state index in [1.165, 1.54) is 0 Å². The summed E-state index contributed by atoms with van der Waals surface area (Å²) in [5.74, 6) is 1.89. The Kier molecular flexibility index (Phi) is 6.36. The maximum Gasteiger partial charge on any atom is 0.220 e.